The summed E-state index contributed by atoms with van der Waals surface area (Å²) in [5, 5.41) is 4.43. The molecule has 1 saturated carbocycles. The van der Waals surface area contributed by atoms with E-state index in [0.717, 1.165) is 42.0 Å². The fraction of sp³-hybridized carbons (Fsp3) is 0.529. The van der Waals surface area contributed by atoms with Gasteiger partial charge in [-0.15, -0.1) is 0 Å². The maximum Gasteiger partial charge on any atom is 0.260 e. The van der Waals surface area contributed by atoms with Crippen molar-refractivity contribution in [3.05, 3.63) is 23.2 Å². The Morgan fingerprint density at radius 3 is 2.46 bits per heavy atom. The second-order valence-corrected chi connectivity index (χ2v) is 8.53. The number of hydrazone groups is 1. The van der Waals surface area contributed by atoms with Crippen molar-refractivity contribution in [2.24, 2.45) is 5.10 Å². The number of sulfonamides is 1. The molecule has 1 aromatic rings. The first-order valence-electron chi connectivity index (χ1n) is 8.47. The van der Waals surface area contributed by atoms with Crippen molar-refractivity contribution in [3.8, 4) is 5.75 Å². The number of anilines is 1. The first-order valence-corrected chi connectivity index (χ1v) is 10.7. The van der Waals surface area contributed by atoms with Gasteiger partial charge in [0.15, 0.2) is 0 Å². The largest absolute Gasteiger partial charge is 0.495 e. The van der Waals surface area contributed by atoms with Crippen LogP contribution < -0.4 is 14.5 Å². The standard InChI is InChI=1S/C17H24ClN3O4S/c1-25-16-10-9-14(11-15(16)18)21(26(2,23)24)12-17(22)20-19-13-7-5-3-4-6-8-13/h9-11H,3-8,12H2,1-2H3,(H,20,22). The van der Waals surface area contributed by atoms with Gasteiger partial charge in [0, 0.05) is 5.71 Å². The minimum Gasteiger partial charge on any atom is -0.495 e. The van der Waals surface area contributed by atoms with Crippen LogP contribution in [-0.2, 0) is 14.8 Å². The molecule has 0 atom stereocenters. The van der Waals surface area contributed by atoms with E-state index in [0.29, 0.717) is 5.75 Å². The molecule has 9 heteroatoms. The van der Waals surface area contributed by atoms with Crippen molar-refractivity contribution in [1.29, 1.82) is 0 Å². The highest BCUT2D eigenvalue weighted by molar-refractivity contribution is 7.92. The van der Waals surface area contributed by atoms with E-state index in [1.165, 1.54) is 32.1 Å². The second-order valence-electron chi connectivity index (χ2n) is 6.22. The molecule has 0 saturated heterocycles. The number of amides is 1. The number of hydrogen-bond donors (Lipinski definition) is 1. The monoisotopic (exact) mass is 401 g/mol. The molecule has 1 fully saturated rings. The van der Waals surface area contributed by atoms with Crippen LogP contribution >= 0.6 is 11.6 Å². The summed E-state index contributed by atoms with van der Waals surface area (Å²) >= 11 is 6.07. The van der Waals surface area contributed by atoms with Crippen LogP contribution in [0.25, 0.3) is 0 Å². The van der Waals surface area contributed by atoms with Gasteiger partial charge >= 0.3 is 0 Å². The summed E-state index contributed by atoms with van der Waals surface area (Å²) < 4.78 is 30.3. The Kier molecular flexibility index (Phi) is 7.28. The van der Waals surface area contributed by atoms with Gasteiger partial charge in [0.2, 0.25) is 10.0 Å². The summed E-state index contributed by atoms with van der Waals surface area (Å²) in [6, 6.07) is 4.54. The normalized spacial score (nSPS) is 15.1. The molecule has 0 aliphatic heterocycles. The number of halogens is 1. The third kappa shape index (κ3) is 5.88. The van der Waals surface area contributed by atoms with Crippen LogP contribution in [0.15, 0.2) is 23.3 Å². The third-order valence-corrected chi connectivity index (χ3v) is 5.57. The molecular weight excluding hydrogens is 378 g/mol. The summed E-state index contributed by atoms with van der Waals surface area (Å²) in [4.78, 5) is 12.2. The predicted octanol–water partition coefficient (Wildman–Crippen LogP) is 2.94. The van der Waals surface area contributed by atoms with Gasteiger partial charge in [-0.1, -0.05) is 24.4 Å². The number of carbonyl (C=O) groups excluding carboxylic acids is 1. The lowest BCUT2D eigenvalue weighted by molar-refractivity contribution is -0.119. The highest BCUT2D eigenvalue weighted by Crippen LogP contribution is 2.30. The van der Waals surface area contributed by atoms with Crippen molar-refractivity contribution >= 4 is 38.9 Å². The van der Waals surface area contributed by atoms with Gasteiger partial charge in [0.05, 0.1) is 24.1 Å². The van der Waals surface area contributed by atoms with Gasteiger partial charge in [-0.2, -0.15) is 5.10 Å². The van der Waals surface area contributed by atoms with Crippen LogP contribution in [0.2, 0.25) is 5.02 Å². The number of benzene rings is 1. The quantitative estimate of drug-likeness (QED) is 0.586. The molecule has 0 aromatic heterocycles. The molecule has 26 heavy (non-hydrogen) atoms. The average Bonchev–Trinajstić information content (AvgIpc) is 2.85. The Hall–Kier alpha value is -1.80. The van der Waals surface area contributed by atoms with Crippen molar-refractivity contribution in [2.45, 2.75) is 38.5 Å². The number of methoxy groups -OCH3 is 1. The van der Waals surface area contributed by atoms with E-state index in [1.807, 2.05) is 0 Å². The molecule has 0 bridgehead atoms. The summed E-state index contributed by atoms with van der Waals surface area (Å²) in [5.74, 6) is -0.0767. The van der Waals surface area contributed by atoms with Crippen molar-refractivity contribution < 1.29 is 17.9 Å². The van der Waals surface area contributed by atoms with Crippen LogP contribution in [0, 0.1) is 0 Å². The second kappa shape index (κ2) is 9.23. The van der Waals surface area contributed by atoms with Crippen molar-refractivity contribution in [2.75, 3.05) is 24.2 Å². The van der Waals surface area contributed by atoms with Gasteiger partial charge in [0.25, 0.3) is 5.91 Å². The molecule has 1 aromatic carbocycles. The van der Waals surface area contributed by atoms with E-state index in [2.05, 4.69) is 10.5 Å². The molecule has 2 rings (SSSR count). The maximum absolute atomic E-state index is 12.2. The highest BCUT2D eigenvalue weighted by atomic mass is 35.5. The molecule has 1 aliphatic carbocycles. The molecule has 1 N–H and O–H groups in total. The van der Waals surface area contributed by atoms with E-state index < -0.39 is 15.9 Å². The number of nitrogens with zero attached hydrogens (tertiary/aromatic N) is 2. The lowest BCUT2D eigenvalue weighted by Gasteiger charge is -2.22. The highest BCUT2D eigenvalue weighted by Gasteiger charge is 2.22. The Balaban J connectivity index is 2.11. The summed E-state index contributed by atoms with van der Waals surface area (Å²) in [6.07, 6.45) is 7.24. The Bertz CT molecular complexity index is 770. The molecule has 144 valence electrons. The molecule has 0 unspecified atom stereocenters. The molecular formula is C17H24ClN3O4S. The van der Waals surface area contributed by atoms with E-state index >= 15 is 0 Å². The summed E-state index contributed by atoms with van der Waals surface area (Å²) in [7, 11) is -2.21. The topological polar surface area (TPSA) is 88.1 Å². The first-order chi connectivity index (χ1) is 12.3. The molecule has 0 radical (unpaired) electrons. The lowest BCUT2D eigenvalue weighted by atomic mass is 10.2. The molecule has 1 amide bonds. The van der Waals surface area contributed by atoms with E-state index in [9.17, 15) is 13.2 Å². The van der Waals surface area contributed by atoms with Crippen LogP contribution in [-0.4, -0.2) is 39.9 Å². The van der Waals surface area contributed by atoms with Crippen LogP contribution in [0.4, 0.5) is 5.69 Å². The van der Waals surface area contributed by atoms with Gasteiger partial charge in [0.1, 0.15) is 12.3 Å². The van der Waals surface area contributed by atoms with Gasteiger partial charge in [-0.25, -0.2) is 13.8 Å². The third-order valence-electron chi connectivity index (χ3n) is 4.13. The predicted molar refractivity (Wildman–Crippen MR) is 103 cm³/mol. The van der Waals surface area contributed by atoms with Crippen molar-refractivity contribution in [3.63, 3.8) is 0 Å². The van der Waals surface area contributed by atoms with E-state index in [4.69, 9.17) is 16.3 Å². The van der Waals surface area contributed by atoms with Crippen LogP contribution in [0.5, 0.6) is 5.75 Å². The Labute approximate surface area is 159 Å². The summed E-state index contributed by atoms with van der Waals surface area (Å²) in [5.41, 5.74) is 3.72. The number of rotatable bonds is 6. The molecule has 0 heterocycles. The maximum atomic E-state index is 12.2. The van der Waals surface area contributed by atoms with Gasteiger partial charge in [-0.3, -0.25) is 9.10 Å². The SMILES string of the molecule is COc1ccc(N(CC(=O)NN=C2CCCCCC2)S(C)(=O)=O)cc1Cl. The van der Waals surface area contributed by atoms with Crippen molar-refractivity contribution in [1.82, 2.24) is 5.43 Å². The zero-order chi connectivity index (χ0) is 19.2. The zero-order valence-electron chi connectivity index (χ0n) is 15.0. The molecule has 1 aliphatic rings. The number of ether oxygens (including phenoxy) is 1. The Morgan fingerprint density at radius 1 is 1.27 bits per heavy atom. The molecule has 0 spiro atoms. The minimum absolute atomic E-state index is 0.262. The fourth-order valence-electron chi connectivity index (χ4n) is 2.77. The number of hydrogen-bond acceptors (Lipinski definition) is 5. The fourth-order valence-corrected chi connectivity index (χ4v) is 3.87. The van der Waals surface area contributed by atoms with E-state index in [-0.39, 0.29) is 17.3 Å². The Morgan fingerprint density at radius 2 is 1.92 bits per heavy atom. The number of nitrogens with one attached hydrogen (secondary N) is 1. The van der Waals surface area contributed by atoms with Crippen LogP contribution in [0.3, 0.4) is 0 Å². The van der Waals surface area contributed by atoms with E-state index in [1.54, 1.807) is 6.07 Å². The lowest BCUT2D eigenvalue weighted by Crippen LogP contribution is -2.39. The molecule has 7 nitrogen and oxygen atoms in total. The average molecular weight is 402 g/mol. The van der Waals surface area contributed by atoms with Gasteiger partial charge in [-0.05, 0) is 43.9 Å². The smallest absolute Gasteiger partial charge is 0.260 e. The minimum atomic E-state index is -3.67. The zero-order valence-corrected chi connectivity index (χ0v) is 16.6. The van der Waals surface area contributed by atoms with Crippen LogP contribution in [0.1, 0.15) is 38.5 Å². The number of carbonyl (C=O) groups is 1. The first kappa shape index (κ1) is 20.5. The van der Waals surface area contributed by atoms with Gasteiger partial charge < -0.3 is 4.74 Å². The summed E-state index contributed by atoms with van der Waals surface area (Å²) in [6.45, 7) is -0.377.